The molecule has 168 valence electrons. The lowest BCUT2D eigenvalue weighted by Gasteiger charge is -2.16. The second kappa shape index (κ2) is 9.39. The summed E-state index contributed by atoms with van der Waals surface area (Å²) in [6.07, 6.45) is 5.15. The summed E-state index contributed by atoms with van der Waals surface area (Å²) in [6, 6.07) is 9.99. The standard InChI is InChI=1S/C21H24N6O3S2/c1-15(31-21-25-24-19(26(21)2)16-9-11-22-12-10-16)20(28)23-17-5-7-18(8-6-17)32(29,30)27-13-3-4-14-27/h5-12,15H,3-4,13-14H2,1-2H3,(H,23,28). The van der Waals surface area contributed by atoms with Gasteiger partial charge in [0.15, 0.2) is 11.0 Å². The van der Waals surface area contributed by atoms with Crippen molar-refractivity contribution in [3.8, 4) is 11.4 Å². The molecule has 1 fully saturated rings. The lowest BCUT2D eigenvalue weighted by Crippen LogP contribution is -2.27. The van der Waals surface area contributed by atoms with Gasteiger partial charge < -0.3 is 9.88 Å². The maximum atomic E-state index is 12.7. The minimum atomic E-state index is -3.47. The highest BCUT2D eigenvalue weighted by molar-refractivity contribution is 8.00. The number of carbonyl (C=O) groups excluding carboxylic acids is 1. The first-order valence-corrected chi connectivity index (χ1v) is 12.6. The summed E-state index contributed by atoms with van der Waals surface area (Å²) in [6.45, 7) is 2.90. The number of hydrogen-bond acceptors (Lipinski definition) is 7. The molecular formula is C21H24N6O3S2. The molecule has 3 heterocycles. The molecule has 32 heavy (non-hydrogen) atoms. The van der Waals surface area contributed by atoms with E-state index in [-0.39, 0.29) is 10.8 Å². The van der Waals surface area contributed by atoms with Gasteiger partial charge in [0, 0.05) is 43.8 Å². The van der Waals surface area contributed by atoms with Gasteiger partial charge >= 0.3 is 0 Å². The molecule has 1 atom stereocenters. The van der Waals surface area contributed by atoms with Crippen molar-refractivity contribution >= 4 is 33.4 Å². The van der Waals surface area contributed by atoms with Crippen molar-refractivity contribution < 1.29 is 13.2 Å². The Morgan fingerprint density at radius 1 is 1.06 bits per heavy atom. The highest BCUT2D eigenvalue weighted by Crippen LogP contribution is 2.27. The van der Waals surface area contributed by atoms with E-state index < -0.39 is 15.3 Å². The molecule has 1 unspecified atom stereocenters. The first kappa shape index (κ1) is 22.4. The Labute approximate surface area is 191 Å². The van der Waals surface area contributed by atoms with E-state index in [0.717, 1.165) is 18.4 Å². The summed E-state index contributed by atoms with van der Waals surface area (Å²) in [7, 11) is -1.62. The van der Waals surface area contributed by atoms with Crippen molar-refractivity contribution in [2.24, 2.45) is 7.05 Å². The van der Waals surface area contributed by atoms with Crippen LogP contribution in [-0.2, 0) is 21.9 Å². The number of nitrogens with one attached hydrogen (secondary N) is 1. The monoisotopic (exact) mass is 472 g/mol. The van der Waals surface area contributed by atoms with Crippen molar-refractivity contribution in [2.45, 2.75) is 35.1 Å². The Bertz CT molecular complexity index is 1190. The number of carbonyl (C=O) groups is 1. The summed E-state index contributed by atoms with van der Waals surface area (Å²) >= 11 is 1.30. The third kappa shape index (κ3) is 4.69. The van der Waals surface area contributed by atoms with Crippen LogP contribution in [0.5, 0.6) is 0 Å². The average molecular weight is 473 g/mol. The van der Waals surface area contributed by atoms with Crippen molar-refractivity contribution in [3.63, 3.8) is 0 Å². The number of sulfonamides is 1. The quantitative estimate of drug-likeness (QED) is 0.527. The van der Waals surface area contributed by atoms with Crippen molar-refractivity contribution in [1.29, 1.82) is 0 Å². The molecular weight excluding hydrogens is 448 g/mol. The molecule has 2 aromatic heterocycles. The maximum Gasteiger partial charge on any atom is 0.243 e. The third-order valence-electron chi connectivity index (χ3n) is 5.25. The lowest BCUT2D eigenvalue weighted by atomic mass is 10.2. The van der Waals surface area contributed by atoms with Crippen molar-refractivity contribution in [1.82, 2.24) is 24.1 Å². The van der Waals surface area contributed by atoms with E-state index in [0.29, 0.717) is 29.8 Å². The molecule has 4 rings (SSSR count). The van der Waals surface area contributed by atoms with Crippen LogP contribution in [-0.4, -0.2) is 56.7 Å². The number of thioether (sulfide) groups is 1. The van der Waals surface area contributed by atoms with Crippen molar-refractivity contribution in [3.05, 3.63) is 48.8 Å². The van der Waals surface area contributed by atoms with Crippen LogP contribution in [0.4, 0.5) is 5.69 Å². The molecule has 0 bridgehead atoms. The largest absolute Gasteiger partial charge is 0.325 e. The predicted octanol–water partition coefficient (Wildman–Crippen LogP) is 2.78. The molecule has 1 aliphatic heterocycles. The predicted molar refractivity (Wildman–Crippen MR) is 123 cm³/mol. The number of pyridine rings is 1. The summed E-state index contributed by atoms with van der Waals surface area (Å²) < 4.78 is 28.6. The van der Waals surface area contributed by atoms with E-state index >= 15 is 0 Å². The normalized spacial score (nSPS) is 15.6. The van der Waals surface area contributed by atoms with E-state index in [4.69, 9.17) is 0 Å². The van der Waals surface area contributed by atoms with Gasteiger partial charge in [-0.3, -0.25) is 9.78 Å². The second-order valence-corrected chi connectivity index (χ2v) is 10.7. The van der Waals surface area contributed by atoms with Crippen LogP contribution in [0.1, 0.15) is 19.8 Å². The number of rotatable bonds is 7. The van der Waals surface area contributed by atoms with Crippen LogP contribution in [0, 0.1) is 0 Å². The lowest BCUT2D eigenvalue weighted by molar-refractivity contribution is -0.115. The minimum Gasteiger partial charge on any atom is -0.325 e. The van der Waals surface area contributed by atoms with Gasteiger partial charge in [-0.1, -0.05) is 11.8 Å². The SMILES string of the molecule is CC(Sc1nnc(-c2ccncc2)n1C)C(=O)Nc1ccc(S(=O)(=O)N2CCCC2)cc1. The molecule has 1 aliphatic rings. The van der Waals surface area contributed by atoms with Crippen LogP contribution in [0.25, 0.3) is 11.4 Å². The molecule has 0 aliphatic carbocycles. The van der Waals surface area contributed by atoms with E-state index in [1.807, 2.05) is 23.7 Å². The summed E-state index contributed by atoms with van der Waals surface area (Å²) in [4.78, 5) is 16.9. The number of nitrogens with zero attached hydrogens (tertiary/aromatic N) is 5. The van der Waals surface area contributed by atoms with Gasteiger partial charge in [-0.15, -0.1) is 10.2 Å². The topological polar surface area (TPSA) is 110 Å². The fourth-order valence-corrected chi connectivity index (χ4v) is 5.75. The number of anilines is 1. The summed E-state index contributed by atoms with van der Waals surface area (Å²) in [5.74, 6) is 0.482. The fraction of sp³-hybridized carbons (Fsp3) is 0.333. The van der Waals surface area contributed by atoms with E-state index in [1.54, 1.807) is 31.5 Å². The first-order chi connectivity index (χ1) is 15.4. The van der Waals surface area contributed by atoms with E-state index in [9.17, 15) is 13.2 Å². The molecule has 0 radical (unpaired) electrons. The minimum absolute atomic E-state index is 0.210. The van der Waals surface area contributed by atoms with Gasteiger partial charge in [0.05, 0.1) is 10.1 Å². The van der Waals surface area contributed by atoms with Crippen molar-refractivity contribution in [2.75, 3.05) is 18.4 Å². The smallest absolute Gasteiger partial charge is 0.243 e. The molecule has 0 saturated carbocycles. The van der Waals surface area contributed by atoms with Crippen LogP contribution >= 0.6 is 11.8 Å². The van der Waals surface area contributed by atoms with Gasteiger partial charge in [0.1, 0.15) is 0 Å². The van der Waals surface area contributed by atoms with Crippen LogP contribution in [0.15, 0.2) is 58.8 Å². The zero-order chi connectivity index (χ0) is 22.7. The van der Waals surface area contributed by atoms with Crippen LogP contribution in [0.2, 0.25) is 0 Å². The van der Waals surface area contributed by atoms with Gasteiger partial charge in [-0.25, -0.2) is 8.42 Å². The first-order valence-electron chi connectivity index (χ1n) is 10.2. The fourth-order valence-electron chi connectivity index (χ4n) is 3.41. The van der Waals surface area contributed by atoms with Crippen LogP contribution < -0.4 is 5.32 Å². The van der Waals surface area contributed by atoms with Gasteiger partial charge in [-0.05, 0) is 56.2 Å². The molecule has 9 nitrogen and oxygen atoms in total. The second-order valence-electron chi connectivity index (χ2n) is 7.49. The summed E-state index contributed by atoms with van der Waals surface area (Å²) in [5, 5.41) is 11.4. The molecule has 0 spiro atoms. The highest BCUT2D eigenvalue weighted by atomic mass is 32.2. The van der Waals surface area contributed by atoms with Gasteiger partial charge in [-0.2, -0.15) is 4.31 Å². The molecule has 1 N–H and O–H groups in total. The zero-order valence-electron chi connectivity index (χ0n) is 17.8. The number of aromatic nitrogens is 4. The third-order valence-corrected chi connectivity index (χ3v) is 8.30. The highest BCUT2D eigenvalue weighted by Gasteiger charge is 2.27. The molecule has 1 saturated heterocycles. The molecule has 3 aromatic rings. The Morgan fingerprint density at radius 2 is 1.72 bits per heavy atom. The Morgan fingerprint density at radius 3 is 2.38 bits per heavy atom. The molecule has 11 heteroatoms. The maximum absolute atomic E-state index is 12.7. The molecule has 1 amide bonds. The van der Waals surface area contributed by atoms with E-state index in [1.165, 1.54) is 28.2 Å². The van der Waals surface area contributed by atoms with Gasteiger partial charge in [0.25, 0.3) is 0 Å². The zero-order valence-corrected chi connectivity index (χ0v) is 19.4. The van der Waals surface area contributed by atoms with E-state index in [2.05, 4.69) is 20.5 Å². The Hall–Kier alpha value is -2.76. The van der Waals surface area contributed by atoms with Gasteiger partial charge in [0.2, 0.25) is 15.9 Å². The molecule has 1 aromatic carbocycles. The Balaban J connectivity index is 1.39. The average Bonchev–Trinajstić information content (AvgIpc) is 3.46. The summed E-state index contributed by atoms with van der Waals surface area (Å²) in [5.41, 5.74) is 1.43. The number of benzene rings is 1. The number of amides is 1. The van der Waals surface area contributed by atoms with Crippen LogP contribution in [0.3, 0.4) is 0 Å². The number of hydrogen-bond donors (Lipinski definition) is 1. The Kier molecular flexibility index (Phi) is 6.58.